The number of nitrogens with zero attached hydrogens (tertiary/aromatic N) is 3. The van der Waals surface area contributed by atoms with Crippen LogP contribution in [0.15, 0.2) is 48.7 Å². The summed E-state index contributed by atoms with van der Waals surface area (Å²) >= 11 is 0. The van der Waals surface area contributed by atoms with Crippen LogP contribution in [0.4, 0.5) is 24.7 Å². The zero-order valence-corrected chi connectivity index (χ0v) is 16.6. The Hall–Kier alpha value is -3.56. The van der Waals surface area contributed by atoms with E-state index in [9.17, 15) is 18.0 Å². The van der Waals surface area contributed by atoms with E-state index in [2.05, 4.69) is 25.5 Å². The van der Waals surface area contributed by atoms with Gasteiger partial charge in [0.25, 0.3) is 0 Å². The lowest BCUT2D eigenvalue weighted by atomic mass is 10.2. The van der Waals surface area contributed by atoms with Gasteiger partial charge in [-0.2, -0.15) is 0 Å². The smallest absolute Gasteiger partial charge is 0.406 e. The van der Waals surface area contributed by atoms with Gasteiger partial charge in [-0.3, -0.25) is 9.78 Å². The normalized spacial score (nSPS) is 13.7. The first kappa shape index (κ1) is 20.7. The molecular weight excluding hydrogens is 411 g/mol. The monoisotopic (exact) mass is 431 g/mol. The highest BCUT2D eigenvalue weighted by Gasteiger charge is 2.31. The van der Waals surface area contributed by atoms with Gasteiger partial charge >= 0.3 is 6.36 Å². The number of aromatic nitrogens is 3. The van der Waals surface area contributed by atoms with E-state index >= 15 is 0 Å². The molecule has 7 nitrogen and oxygen atoms in total. The van der Waals surface area contributed by atoms with E-state index in [0.717, 1.165) is 24.2 Å². The van der Waals surface area contributed by atoms with E-state index in [4.69, 9.17) is 0 Å². The number of alkyl halides is 3. The number of amides is 1. The number of hydrogen-bond donors (Lipinski definition) is 2. The summed E-state index contributed by atoms with van der Waals surface area (Å²) in [6.45, 7) is 1.85. The molecule has 0 unspecified atom stereocenters. The molecule has 1 amide bonds. The van der Waals surface area contributed by atoms with Crippen LogP contribution in [0.2, 0.25) is 0 Å². The van der Waals surface area contributed by atoms with Crippen LogP contribution in [-0.2, 0) is 11.2 Å². The van der Waals surface area contributed by atoms with Gasteiger partial charge in [0.05, 0.1) is 17.8 Å². The summed E-state index contributed by atoms with van der Waals surface area (Å²) < 4.78 is 43.1. The number of rotatable bonds is 7. The third-order valence-electron chi connectivity index (χ3n) is 4.53. The second-order valence-electron chi connectivity index (χ2n) is 7.31. The minimum atomic E-state index is -4.78. The maximum absolute atomic E-state index is 12.5. The number of halogens is 3. The van der Waals surface area contributed by atoms with Crippen molar-refractivity contribution < 1.29 is 22.7 Å². The van der Waals surface area contributed by atoms with Crippen LogP contribution in [-0.4, -0.2) is 33.1 Å². The number of hydrogen-bond acceptors (Lipinski definition) is 5. The Morgan fingerprint density at radius 3 is 2.74 bits per heavy atom. The van der Waals surface area contributed by atoms with Crippen LogP contribution in [0.5, 0.6) is 5.75 Å². The maximum Gasteiger partial charge on any atom is 0.573 e. The molecule has 0 bridgehead atoms. The van der Waals surface area contributed by atoms with Gasteiger partial charge < -0.3 is 15.4 Å². The third-order valence-corrected chi connectivity index (χ3v) is 4.53. The third kappa shape index (κ3) is 5.74. The van der Waals surface area contributed by atoms with Gasteiger partial charge in [0.1, 0.15) is 5.75 Å². The Balaban J connectivity index is 1.60. The Morgan fingerprint density at radius 2 is 2.03 bits per heavy atom. The van der Waals surface area contributed by atoms with Gasteiger partial charge in [0.2, 0.25) is 5.91 Å². The Morgan fingerprint density at radius 1 is 1.23 bits per heavy atom. The predicted octanol–water partition coefficient (Wildman–Crippen LogP) is 4.04. The van der Waals surface area contributed by atoms with Crippen molar-refractivity contribution in [2.45, 2.75) is 38.6 Å². The summed E-state index contributed by atoms with van der Waals surface area (Å²) in [5.41, 5.74) is 2.51. The molecule has 4 rings (SSSR count). The fraction of sp³-hybridized carbons (Fsp3) is 0.286. The van der Waals surface area contributed by atoms with E-state index in [1.54, 1.807) is 29.1 Å². The minimum absolute atomic E-state index is 0.110. The van der Waals surface area contributed by atoms with Crippen LogP contribution >= 0.6 is 0 Å². The van der Waals surface area contributed by atoms with E-state index in [1.165, 1.54) is 18.2 Å². The van der Waals surface area contributed by atoms with E-state index < -0.39 is 6.36 Å². The van der Waals surface area contributed by atoms with Crippen molar-refractivity contribution in [3.63, 3.8) is 0 Å². The largest absolute Gasteiger partial charge is 0.573 e. The molecule has 162 valence electrons. The fourth-order valence-electron chi connectivity index (χ4n) is 3.08. The van der Waals surface area contributed by atoms with Crippen molar-refractivity contribution in [3.05, 3.63) is 60.0 Å². The number of nitrogens with one attached hydrogen (secondary N) is 2. The molecule has 1 fully saturated rings. The van der Waals surface area contributed by atoms with Gasteiger partial charge in [-0.05, 0) is 44.0 Å². The Bertz CT molecular complexity index is 1090. The molecule has 1 saturated carbocycles. The zero-order chi connectivity index (χ0) is 22.0. The molecule has 2 N–H and O–H groups in total. The lowest BCUT2D eigenvalue weighted by Crippen LogP contribution is -2.27. The Labute approximate surface area is 176 Å². The molecule has 10 heteroatoms. The number of benzene rings is 1. The average Bonchev–Trinajstić information content (AvgIpc) is 3.39. The van der Waals surface area contributed by atoms with Crippen molar-refractivity contribution in [2.75, 3.05) is 5.32 Å². The first-order valence-electron chi connectivity index (χ1n) is 9.69. The molecule has 0 radical (unpaired) electrons. The summed E-state index contributed by atoms with van der Waals surface area (Å²) in [6, 6.07) is 11.0. The zero-order valence-electron chi connectivity index (χ0n) is 16.6. The molecule has 1 aromatic carbocycles. The van der Waals surface area contributed by atoms with Crippen molar-refractivity contribution in [2.24, 2.45) is 0 Å². The van der Waals surface area contributed by atoms with Gasteiger partial charge in [-0.15, -0.1) is 18.3 Å². The first-order chi connectivity index (χ1) is 14.7. The summed E-state index contributed by atoms with van der Waals surface area (Å²) in [5.74, 6) is -0.0693. The van der Waals surface area contributed by atoms with E-state index in [-0.39, 0.29) is 24.1 Å². The molecular formula is C21H20F3N5O2. The highest BCUT2D eigenvalue weighted by Crippen LogP contribution is 2.27. The van der Waals surface area contributed by atoms with Gasteiger partial charge in [0, 0.05) is 35.8 Å². The first-order valence-corrected chi connectivity index (χ1v) is 9.69. The number of carbonyl (C=O) groups is 1. The van der Waals surface area contributed by atoms with E-state index in [0.29, 0.717) is 17.2 Å². The van der Waals surface area contributed by atoms with Gasteiger partial charge in [-0.25, -0.2) is 4.68 Å². The van der Waals surface area contributed by atoms with Crippen molar-refractivity contribution in [1.82, 2.24) is 20.1 Å². The molecule has 1 aliphatic carbocycles. The standard InChI is InChI=1S/C21H20F3N5O2/c1-13-9-16(7-8-25-13)29-17(12-20(30)27-14-5-6-14)11-19(28-29)26-15-3-2-4-18(10-15)31-21(22,23)24/h2-4,7-11,14H,5-6,12H2,1H3,(H,26,28)(H,27,30). The average molecular weight is 431 g/mol. The van der Waals surface area contributed by atoms with Crippen molar-refractivity contribution in [3.8, 4) is 11.4 Å². The maximum atomic E-state index is 12.5. The van der Waals surface area contributed by atoms with Crippen molar-refractivity contribution >= 4 is 17.4 Å². The second-order valence-corrected chi connectivity index (χ2v) is 7.31. The predicted molar refractivity (Wildman–Crippen MR) is 107 cm³/mol. The lowest BCUT2D eigenvalue weighted by Gasteiger charge is -2.10. The molecule has 0 atom stereocenters. The van der Waals surface area contributed by atoms with Crippen LogP contribution in [0.1, 0.15) is 24.2 Å². The topological polar surface area (TPSA) is 81.1 Å². The lowest BCUT2D eigenvalue weighted by molar-refractivity contribution is -0.274. The number of anilines is 2. The number of carbonyl (C=O) groups excluding carboxylic acids is 1. The molecule has 0 aliphatic heterocycles. The summed E-state index contributed by atoms with van der Waals surface area (Å²) in [6.07, 6.45) is -1.05. The fourth-order valence-corrected chi connectivity index (χ4v) is 3.08. The summed E-state index contributed by atoms with van der Waals surface area (Å²) in [4.78, 5) is 16.5. The highest BCUT2D eigenvalue weighted by molar-refractivity contribution is 5.79. The molecule has 3 aromatic rings. The van der Waals surface area contributed by atoms with Crippen LogP contribution in [0, 0.1) is 6.92 Å². The number of pyridine rings is 1. The van der Waals surface area contributed by atoms with Gasteiger partial charge in [0.15, 0.2) is 5.82 Å². The molecule has 2 heterocycles. The quantitative estimate of drug-likeness (QED) is 0.590. The highest BCUT2D eigenvalue weighted by atomic mass is 19.4. The summed E-state index contributed by atoms with van der Waals surface area (Å²) in [5, 5.41) is 10.4. The molecule has 2 aromatic heterocycles. The van der Waals surface area contributed by atoms with E-state index in [1.807, 2.05) is 13.0 Å². The Kier molecular flexibility index (Phi) is 5.53. The molecule has 0 spiro atoms. The number of aryl methyl sites for hydroxylation is 1. The SMILES string of the molecule is Cc1cc(-n2nc(Nc3cccc(OC(F)(F)F)c3)cc2CC(=O)NC2CC2)ccn1. The van der Waals surface area contributed by atoms with Crippen LogP contribution < -0.4 is 15.4 Å². The van der Waals surface area contributed by atoms with Gasteiger partial charge in [-0.1, -0.05) is 6.07 Å². The van der Waals surface area contributed by atoms with Crippen molar-refractivity contribution in [1.29, 1.82) is 0 Å². The summed E-state index contributed by atoms with van der Waals surface area (Å²) in [7, 11) is 0. The molecule has 31 heavy (non-hydrogen) atoms. The second kappa shape index (κ2) is 8.29. The molecule has 0 saturated heterocycles. The number of ether oxygens (including phenoxy) is 1. The molecule has 1 aliphatic rings. The van der Waals surface area contributed by atoms with Crippen LogP contribution in [0.25, 0.3) is 5.69 Å². The van der Waals surface area contributed by atoms with Crippen LogP contribution in [0.3, 0.4) is 0 Å². The minimum Gasteiger partial charge on any atom is -0.406 e.